The second-order valence-electron chi connectivity index (χ2n) is 5.42. The van der Waals surface area contributed by atoms with Crippen LogP contribution in [0.25, 0.3) is 6.08 Å². The zero-order valence-electron chi connectivity index (χ0n) is 14.6. The van der Waals surface area contributed by atoms with Gasteiger partial charge in [0, 0.05) is 6.54 Å². The Morgan fingerprint density at radius 1 is 1.15 bits per heavy atom. The van der Waals surface area contributed by atoms with Crippen LogP contribution in [0.3, 0.4) is 0 Å². The highest BCUT2D eigenvalue weighted by Gasteiger charge is 2.14. The molecule has 0 saturated heterocycles. The molecule has 26 heavy (non-hydrogen) atoms. The maximum absolute atomic E-state index is 12.1. The number of carbonyl (C=O) groups excluding carboxylic acids is 1. The standard InChI is InChI=1S/C19H21NO5S/c1-15(19(21)24-2)25-17-10-6-8-16(14-17)9-7-13-20-26(22,23)18-11-4-3-5-12-18/h3-12,14-15,20H,13H2,1-2H3/b9-7+. The maximum Gasteiger partial charge on any atom is 0.346 e. The molecule has 0 spiro atoms. The molecule has 0 saturated carbocycles. The van der Waals surface area contributed by atoms with Crippen molar-refractivity contribution in [3.05, 3.63) is 66.2 Å². The first-order valence-electron chi connectivity index (χ1n) is 7.98. The minimum absolute atomic E-state index is 0.154. The number of rotatable bonds is 8. The Hall–Kier alpha value is -2.64. The molecule has 2 aromatic carbocycles. The van der Waals surface area contributed by atoms with Crippen LogP contribution >= 0.6 is 0 Å². The van der Waals surface area contributed by atoms with Crippen molar-refractivity contribution in [1.29, 1.82) is 0 Å². The van der Waals surface area contributed by atoms with Crippen LogP contribution in [0.1, 0.15) is 12.5 Å². The molecule has 1 N–H and O–H groups in total. The number of esters is 1. The highest BCUT2D eigenvalue weighted by molar-refractivity contribution is 7.89. The van der Waals surface area contributed by atoms with Gasteiger partial charge in [0.2, 0.25) is 10.0 Å². The number of benzene rings is 2. The summed E-state index contributed by atoms with van der Waals surface area (Å²) in [6.45, 7) is 1.76. The van der Waals surface area contributed by atoms with E-state index in [4.69, 9.17) is 4.74 Å². The Balaban J connectivity index is 1.94. The van der Waals surface area contributed by atoms with E-state index in [2.05, 4.69) is 9.46 Å². The fourth-order valence-corrected chi connectivity index (χ4v) is 3.14. The number of nitrogens with one attached hydrogen (secondary N) is 1. The largest absolute Gasteiger partial charge is 0.479 e. The van der Waals surface area contributed by atoms with Crippen molar-refractivity contribution in [3.8, 4) is 5.75 Å². The first-order chi connectivity index (χ1) is 12.4. The molecular weight excluding hydrogens is 354 g/mol. The van der Waals surface area contributed by atoms with Crippen molar-refractivity contribution in [2.75, 3.05) is 13.7 Å². The normalized spacial score (nSPS) is 12.7. The molecule has 0 fully saturated rings. The number of sulfonamides is 1. The van der Waals surface area contributed by atoms with E-state index in [0.29, 0.717) is 5.75 Å². The summed E-state index contributed by atoms with van der Waals surface area (Å²) < 4.78 is 36.8. The van der Waals surface area contributed by atoms with E-state index in [1.54, 1.807) is 55.5 Å². The second kappa shape index (κ2) is 9.17. The third-order valence-electron chi connectivity index (χ3n) is 3.46. The van der Waals surface area contributed by atoms with Crippen LogP contribution in [0.15, 0.2) is 65.6 Å². The molecule has 0 radical (unpaired) electrons. The first-order valence-corrected chi connectivity index (χ1v) is 9.46. The molecule has 6 nitrogen and oxygen atoms in total. The highest BCUT2D eigenvalue weighted by atomic mass is 32.2. The Bertz CT molecular complexity index is 863. The van der Waals surface area contributed by atoms with Gasteiger partial charge in [-0.05, 0) is 36.8 Å². The van der Waals surface area contributed by atoms with E-state index >= 15 is 0 Å². The molecule has 1 unspecified atom stereocenters. The van der Waals surface area contributed by atoms with Crippen molar-refractivity contribution in [2.45, 2.75) is 17.9 Å². The van der Waals surface area contributed by atoms with Gasteiger partial charge in [-0.25, -0.2) is 17.9 Å². The lowest BCUT2D eigenvalue weighted by molar-refractivity contribution is -0.147. The summed E-state index contributed by atoms with van der Waals surface area (Å²) in [5.74, 6) is 0.0659. The minimum atomic E-state index is -3.53. The van der Waals surface area contributed by atoms with Crippen molar-refractivity contribution in [3.63, 3.8) is 0 Å². The molecule has 0 aromatic heterocycles. The summed E-state index contributed by atoms with van der Waals surface area (Å²) in [5.41, 5.74) is 0.818. The predicted molar refractivity (Wildman–Crippen MR) is 99.2 cm³/mol. The van der Waals surface area contributed by atoms with Gasteiger partial charge < -0.3 is 9.47 Å². The van der Waals surface area contributed by atoms with Crippen LogP contribution < -0.4 is 9.46 Å². The van der Waals surface area contributed by atoms with Crippen LogP contribution in [0.2, 0.25) is 0 Å². The monoisotopic (exact) mass is 375 g/mol. The van der Waals surface area contributed by atoms with Crippen molar-refractivity contribution < 1.29 is 22.7 Å². The molecule has 138 valence electrons. The lowest BCUT2D eigenvalue weighted by Gasteiger charge is -2.12. The summed E-state index contributed by atoms with van der Waals surface area (Å²) in [5, 5.41) is 0. The SMILES string of the molecule is COC(=O)C(C)Oc1cccc(/C=C/CNS(=O)(=O)c2ccccc2)c1. The number of hydrogen-bond acceptors (Lipinski definition) is 5. The maximum atomic E-state index is 12.1. The van der Waals surface area contributed by atoms with Crippen molar-refractivity contribution in [1.82, 2.24) is 4.72 Å². The fraction of sp³-hybridized carbons (Fsp3) is 0.211. The van der Waals surface area contributed by atoms with Gasteiger partial charge in [-0.15, -0.1) is 0 Å². The van der Waals surface area contributed by atoms with Crippen LogP contribution in [-0.2, 0) is 19.6 Å². The molecule has 0 heterocycles. The van der Waals surface area contributed by atoms with E-state index in [1.807, 2.05) is 6.07 Å². The lowest BCUT2D eigenvalue weighted by atomic mass is 10.2. The first kappa shape index (κ1) is 19.7. The number of hydrogen-bond donors (Lipinski definition) is 1. The van der Waals surface area contributed by atoms with Gasteiger partial charge in [0.05, 0.1) is 12.0 Å². The summed E-state index contributed by atoms with van der Waals surface area (Å²) in [6, 6.07) is 15.3. The third-order valence-corrected chi connectivity index (χ3v) is 4.90. The molecule has 0 aliphatic carbocycles. The molecule has 7 heteroatoms. The second-order valence-corrected chi connectivity index (χ2v) is 7.19. The van der Waals surface area contributed by atoms with Crippen molar-refractivity contribution >= 4 is 22.1 Å². The van der Waals surface area contributed by atoms with Crippen LogP contribution in [0.4, 0.5) is 0 Å². The molecule has 0 bridgehead atoms. The van der Waals surface area contributed by atoms with Gasteiger partial charge in [0.1, 0.15) is 5.75 Å². The number of methoxy groups -OCH3 is 1. The van der Waals surface area contributed by atoms with Crippen LogP contribution in [0.5, 0.6) is 5.75 Å². The summed E-state index contributed by atoms with van der Waals surface area (Å²) in [7, 11) is -2.23. The Labute approximate surface area is 153 Å². The zero-order chi connectivity index (χ0) is 19.0. The van der Waals surface area contributed by atoms with E-state index < -0.39 is 22.1 Å². The predicted octanol–water partition coefficient (Wildman–Crippen LogP) is 2.62. The number of carbonyl (C=O) groups is 1. The number of ether oxygens (including phenoxy) is 2. The topological polar surface area (TPSA) is 81.7 Å². The minimum Gasteiger partial charge on any atom is -0.479 e. The summed E-state index contributed by atoms with van der Waals surface area (Å²) in [6.07, 6.45) is 2.75. The summed E-state index contributed by atoms with van der Waals surface area (Å²) in [4.78, 5) is 11.6. The molecule has 2 aromatic rings. The highest BCUT2D eigenvalue weighted by Crippen LogP contribution is 2.16. The lowest BCUT2D eigenvalue weighted by Crippen LogP contribution is -2.24. The third kappa shape index (κ3) is 5.72. The Morgan fingerprint density at radius 2 is 1.88 bits per heavy atom. The molecule has 0 aliphatic rings. The van der Waals surface area contributed by atoms with Crippen molar-refractivity contribution in [2.24, 2.45) is 0 Å². The molecular formula is C19H21NO5S. The van der Waals surface area contributed by atoms with Gasteiger partial charge >= 0.3 is 5.97 Å². The van der Waals surface area contributed by atoms with E-state index in [-0.39, 0.29) is 11.4 Å². The average Bonchev–Trinajstić information content (AvgIpc) is 2.65. The Kier molecular flexibility index (Phi) is 6.94. The zero-order valence-corrected chi connectivity index (χ0v) is 15.4. The molecule has 0 amide bonds. The molecule has 1 atom stereocenters. The van der Waals surface area contributed by atoms with Gasteiger partial charge in [0.15, 0.2) is 6.10 Å². The quantitative estimate of drug-likeness (QED) is 0.717. The van der Waals surface area contributed by atoms with Crippen LogP contribution in [0, 0.1) is 0 Å². The van der Waals surface area contributed by atoms with Crippen LogP contribution in [-0.4, -0.2) is 34.1 Å². The van der Waals surface area contributed by atoms with E-state index in [0.717, 1.165) is 5.56 Å². The fourth-order valence-electron chi connectivity index (χ4n) is 2.15. The van der Waals surface area contributed by atoms with E-state index in [1.165, 1.54) is 19.2 Å². The van der Waals surface area contributed by atoms with Gasteiger partial charge in [0.25, 0.3) is 0 Å². The van der Waals surface area contributed by atoms with Gasteiger partial charge in [-0.2, -0.15) is 0 Å². The van der Waals surface area contributed by atoms with Gasteiger partial charge in [-0.3, -0.25) is 0 Å². The molecule has 0 aliphatic heterocycles. The smallest absolute Gasteiger partial charge is 0.346 e. The van der Waals surface area contributed by atoms with E-state index in [9.17, 15) is 13.2 Å². The van der Waals surface area contributed by atoms with Gasteiger partial charge in [-0.1, -0.05) is 42.5 Å². The Morgan fingerprint density at radius 3 is 2.58 bits per heavy atom. The average molecular weight is 375 g/mol. The molecule has 2 rings (SSSR count). The summed E-state index contributed by atoms with van der Waals surface area (Å²) >= 11 is 0.